The number of carboxylic acid groups (broad SMARTS) is 1. The molecule has 1 aliphatic rings. The number of aliphatic carboxylic acids is 1. The van der Waals surface area contributed by atoms with Crippen LogP contribution in [0.2, 0.25) is 0 Å². The van der Waals surface area contributed by atoms with Crippen molar-refractivity contribution in [1.82, 2.24) is 10.6 Å². The molecule has 16 heavy (non-hydrogen) atoms. The van der Waals surface area contributed by atoms with Gasteiger partial charge in [0.15, 0.2) is 0 Å². The van der Waals surface area contributed by atoms with Gasteiger partial charge in [0.05, 0.1) is 6.04 Å². The van der Waals surface area contributed by atoms with Gasteiger partial charge in [-0.25, -0.2) is 0 Å². The van der Waals surface area contributed by atoms with Crippen LogP contribution in [0.3, 0.4) is 0 Å². The molecule has 1 fully saturated rings. The Bertz CT molecular complexity index is 392. The van der Waals surface area contributed by atoms with Crippen LogP contribution in [0.25, 0.3) is 0 Å². The smallest absolute Gasteiger partial charge is 0.322 e. The van der Waals surface area contributed by atoms with Gasteiger partial charge in [-0.05, 0) is 6.42 Å². The Labute approximate surface area is 91.8 Å². The van der Waals surface area contributed by atoms with Crippen molar-refractivity contribution in [3.63, 3.8) is 0 Å². The third-order valence-electron chi connectivity index (χ3n) is 2.24. The number of carboxylic acids is 1. The zero-order valence-corrected chi connectivity index (χ0v) is 9.03. The van der Waals surface area contributed by atoms with E-state index in [2.05, 4.69) is 10.6 Å². The lowest BCUT2D eigenvalue weighted by Crippen LogP contribution is -2.42. The number of hydrogen-bond acceptors (Lipinski definition) is 5. The van der Waals surface area contributed by atoms with Crippen LogP contribution in [0, 0.1) is 0 Å². The molecule has 0 bridgehead atoms. The first-order chi connectivity index (χ1) is 7.30. The molecule has 1 aliphatic heterocycles. The van der Waals surface area contributed by atoms with Gasteiger partial charge in [-0.2, -0.15) is 8.42 Å². The number of amides is 1. The summed E-state index contributed by atoms with van der Waals surface area (Å²) in [5, 5.41) is 12.0. The average Bonchev–Trinajstić information content (AvgIpc) is 2.61. The molecule has 4 N–H and O–H groups in total. The van der Waals surface area contributed by atoms with Gasteiger partial charge in [-0.3, -0.25) is 14.1 Å². The maximum Gasteiger partial charge on any atom is 0.322 e. The molecule has 1 amide bonds. The highest BCUT2D eigenvalue weighted by Gasteiger charge is 2.36. The topological polar surface area (TPSA) is 133 Å². The lowest BCUT2D eigenvalue weighted by atomic mass is 10.2. The van der Waals surface area contributed by atoms with Gasteiger partial charge in [0, 0.05) is 6.54 Å². The number of nitrogens with one attached hydrogen (secondary N) is 2. The second-order valence-electron chi connectivity index (χ2n) is 3.45. The van der Waals surface area contributed by atoms with Crippen LogP contribution >= 0.6 is 0 Å². The van der Waals surface area contributed by atoms with Gasteiger partial charge in [0.25, 0.3) is 10.1 Å². The third kappa shape index (κ3) is 3.43. The summed E-state index contributed by atoms with van der Waals surface area (Å²) in [6.45, 7) is -0.544. The van der Waals surface area contributed by atoms with Crippen molar-refractivity contribution in [1.29, 1.82) is 0 Å². The molecule has 0 aromatic rings. The molecule has 0 spiro atoms. The largest absolute Gasteiger partial charge is 0.480 e. The fourth-order valence-electron chi connectivity index (χ4n) is 1.42. The first kappa shape index (κ1) is 12.9. The molecule has 1 saturated heterocycles. The maximum atomic E-state index is 11.3. The molecule has 1 heterocycles. The van der Waals surface area contributed by atoms with Gasteiger partial charge in [0.1, 0.15) is 11.8 Å². The van der Waals surface area contributed by atoms with Gasteiger partial charge in [-0.15, -0.1) is 0 Å². The Balaban J connectivity index is 2.47. The summed E-state index contributed by atoms with van der Waals surface area (Å²) in [4.78, 5) is 21.5. The fraction of sp³-hybridized carbons (Fsp3) is 0.714. The minimum Gasteiger partial charge on any atom is -0.480 e. The van der Waals surface area contributed by atoms with E-state index in [4.69, 9.17) is 9.66 Å². The van der Waals surface area contributed by atoms with Gasteiger partial charge in [-0.1, -0.05) is 0 Å². The molecule has 0 unspecified atom stereocenters. The van der Waals surface area contributed by atoms with E-state index in [0.717, 1.165) is 0 Å². The van der Waals surface area contributed by atoms with E-state index < -0.39 is 39.8 Å². The number of carbonyl (C=O) groups is 2. The monoisotopic (exact) mass is 252 g/mol. The van der Waals surface area contributed by atoms with E-state index in [1.807, 2.05) is 0 Å². The minimum atomic E-state index is -4.16. The Morgan fingerprint density at radius 2 is 2.06 bits per heavy atom. The molecule has 0 aliphatic carbocycles. The van der Waals surface area contributed by atoms with Crippen molar-refractivity contribution in [2.45, 2.75) is 17.7 Å². The van der Waals surface area contributed by atoms with Crippen LogP contribution in [0.15, 0.2) is 0 Å². The lowest BCUT2D eigenvalue weighted by Gasteiger charge is -2.09. The van der Waals surface area contributed by atoms with Gasteiger partial charge < -0.3 is 15.7 Å². The second-order valence-corrected chi connectivity index (χ2v) is 5.14. The van der Waals surface area contributed by atoms with Crippen LogP contribution in [0.1, 0.15) is 6.42 Å². The van der Waals surface area contributed by atoms with Gasteiger partial charge >= 0.3 is 5.97 Å². The molecule has 1 rings (SSSR count). The Morgan fingerprint density at radius 1 is 1.44 bits per heavy atom. The highest BCUT2D eigenvalue weighted by molar-refractivity contribution is 7.86. The summed E-state index contributed by atoms with van der Waals surface area (Å²) in [6.07, 6.45) is -0.0652. The molecular weight excluding hydrogens is 240 g/mol. The van der Waals surface area contributed by atoms with E-state index in [-0.39, 0.29) is 13.0 Å². The van der Waals surface area contributed by atoms with E-state index in [1.54, 1.807) is 0 Å². The van der Waals surface area contributed by atoms with Crippen LogP contribution < -0.4 is 10.6 Å². The van der Waals surface area contributed by atoms with E-state index >= 15 is 0 Å². The third-order valence-corrected chi connectivity index (χ3v) is 3.44. The zero-order chi connectivity index (χ0) is 12.3. The summed E-state index contributed by atoms with van der Waals surface area (Å²) in [5.74, 6) is -1.77. The standard InChI is InChI=1S/C7H12N2O6S/c10-6(11)3-9-7(12)5-1-4(2-8-5)16(13,14)15/h4-5,8H,1-3H2,(H,9,12)(H,10,11)(H,13,14,15)/t4-,5+/m1/s1. The molecule has 0 saturated carbocycles. The van der Waals surface area contributed by atoms with Crippen LogP contribution in [0.4, 0.5) is 0 Å². The molecule has 8 nitrogen and oxygen atoms in total. The zero-order valence-electron chi connectivity index (χ0n) is 8.21. The average molecular weight is 252 g/mol. The Morgan fingerprint density at radius 3 is 2.50 bits per heavy atom. The van der Waals surface area contributed by atoms with E-state index in [0.29, 0.717) is 0 Å². The number of hydrogen-bond donors (Lipinski definition) is 4. The quantitative estimate of drug-likeness (QED) is 0.417. The lowest BCUT2D eigenvalue weighted by molar-refractivity contribution is -0.138. The molecule has 0 aromatic carbocycles. The van der Waals surface area contributed by atoms with Crippen molar-refractivity contribution >= 4 is 22.0 Å². The summed E-state index contributed by atoms with van der Waals surface area (Å²) in [7, 11) is -4.16. The molecule has 0 aromatic heterocycles. The predicted octanol–water partition coefficient (Wildman–Crippen LogP) is -2.19. The Hall–Kier alpha value is -1.19. The maximum absolute atomic E-state index is 11.3. The summed E-state index contributed by atoms with van der Waals surface area (Å²) >= 11 is 0. The Kier molecular flexibility index (Phi) is 3.83. The van der Waals surface area contributed by atoms with Crippen molar-refractivity contribution in [2.75, 3.05) is 13.1 Å². The molecule has 0 radical (unpaired) electrons. The minimum absolute atomic E-state index is 0.0238. The number of carbonyl (C=O) groups excluding carboxylic acids is 1. The van der Waals surface area contributed by atoms with Crippen molar-refractivity contribution in [2.24, 2.45) is 0 Å². The van der Waals surface area contributed by atoms with Crippen LogP contribution in [-0.4, -0.2) is 54.3 Å². The molecule has 92 valence electrons. The second kappa shape index (κ2) is 4.76. The highest BCUT2D eigenvalue weighted by atomic mass is 32.2. The van der Waals surface area contributed by atoms with Crippen molar-refractivity contribution < 1.29 is 27.7 Å². The van der Waals surface area contributed by atoms with Crippen molar-refractivity contribution in [3.05, 3.63) is 0 Å². The molecular formula is C7H12N2O6S. The van der Waals surface area contributed by atoms with Crippen LogP contribution in [0.5, 0.6) is 0 Å². The summed E-state index contributed by atoms with van der Waals surface area (Å²) in [6, 6.07) is -0.786. The highest BCUT2D eigenvalue weighted by Crippen LogP contribution is 2.13. The van der Waals surface area contributed by atoms with Crippen molar-refractivity contribution in [3.8, 4) is 0 Å². The van der Waals surface area contributed by atoms with Crippen LogP contribution in [-0.2, 0) is 19.7 Å². The SMILES string of the molecule is O=C(O)CNC(=O)[C@@H]1C[C@@H](S(=O)(=O)O)CN1. The van der Waals surface area contributed by atoms with E-state index in [1.165, 1.54) is 0 Å². The summed E-state index contributed by atoms with van der Waals surface area (Å²) in [5.41, 5.74) is 0. The number of rotatable bonds is 4. The first-order valence-electron chi connectivity index (χ1n) is 4.50. The molecule has 2 atom stereocenters. The normalized spacial score (nSPS) is 25.3. The fourth-order valence-corrected chi connectivity index (χ4v) is 2.16. The van der Waals surface area contributed by atoms with Gasteiger partial charge in [0.2, 0.25) is 5.91 Å². The predicted molar refractivity (Wildman–Crippen MR) is 52.4 cm³/mol. The summed E-state index contributed by atoms with van der Waals surface area (Å²) < 4.78 is 30.3. The van der Waals surface area contributed by atoms with E-state index in [9.17, 15) is 18.0 Å². The first-order valence-corrected chi connectivity index (χ1v) is 6.00. The molecule has 9 heteroatoms.